The van der Waals surface area contributed by atoms with Gasteiger partial charge in [-0.25, -0.2) is 0 Å². The highest BCUT2D eigenvalue weighted by molar-refractivity contribution is 5.44. The summed E-state index contributed by atoms with van der Waals surface area (Å²) < 4.78 is 0. The maximum atomic E-state index is 9.11. The Kier molecular flexibility index (Phi) is 5.08. The van der Waals surface area contributed by atoms with Gasteiger partial charge in [-0.15, -0.1) is 0 Å². The number of hydrogen-bond donors (Lipinski definition) is 2. The van der Waals surface area contributed by atoms with Crippen LogP contribution in [0.25, 0.3) is 0 Å². The van der Waals surface area contributed by atoms with Crippen molar-refractivity contribution >= 4 is 17.8 Å². The van der Waals surface area contributed by atoms with Crippen LogP contribution in [0.3, 0.4) is 0 Å². The molecule has 0 saturated carbocycles. The largest absolute Gasteiger partial charge is 0.395 e. The zero-order valence-electron chi connectivity index (χ0n) is 11.7. The van der Waals surface area contributed by atoms with Crippen molar-refractivity contribution in [2.75, 3.05) is 49.4 Å². The maximum Gasteiger partial charge on any atom is 0.232 e. The molecule has 1 aromatic heterocycles. The molecule has 0 bridgehead atoms. The fourth-order valence-corrected chi connectivity index (χ4v) is 1.49. The molecule has 0 unspecified atom stereocenters. The molecule has 7 nitrogen and oxygen atoms in total. The Bertz CT molecular complexity index is 382. The lowest BCUT2D eigenvalue weighted by molar-refractivity contribution is 0.298. The van der Waals surface area contributed by atoms with Gasteiger partial charge >= 0.3 is 0 Å². The van der Waals surface area contributed by atoms with Gasteiger partial charge in [-0.1, -0.05) is 0 Å². The van der Waals surface area contributed by atoms with Gasteiger partial charge in [0.25, 0.3) is 0 Å². The SMILES string of the molecule is CNc1nc(N(C)C)nc(N(CCO)C(C)C)n1. The molecule has 0 aliphatic rings. The second-order valence-electron chi connectivity index (χ2n) is 4.41. The zero-order chi connectivity index (χ0) is 13.7. The quantitative estimate of drug-likeness (QED) is 0.750. The van der Waals surface area contributed by atoms with E-state index in [1.807, 2.05) is 37.7 Å². The molecule has 1 aromatic rings. The Morgan fingerprint density at radius 3 is 2.22 bits per heavy atom. The van der Waals surface area contributed by atoms with E-state index in [1.165, 1.54) is 0 Å². The van der Waals surface area contributed by atoms with Gasteiger partial charge in [0.1, 0.15) is 0 Å². The van der Waals surface area contributed by atoms with E-state index in [-0.39, 0.29) is 12.6 Å². The first-order valence-corrected chi connectivity index (χ1v) is 5.98. The number of nitrogens with one attached hydrogen (secondary N) is 1. The highest BCUT2D eigenvalue weighted by Crippen LogP contribution is 2.16. The summed E-state index contributed by atoms with van der Waals surface area (Å²) in [5, 5.41) is 12.0. The van der Waals surface area contributed by atoms with Crippen LogP contribution in [0.4, 0.5) is 17.8 Å². The number of hydrogen-bond acceptors (Lipinski definition) is 7. The van der Waals surface area contributed by atoms with E-state index in [1.54, 1.807) is 7.05 Å². The van der Waals surface area contributed by atoms with Crippen LogP contribution < -0.4 is 15.1 Å². The first-order valence-electron chi connectivity index (χ1n) is 5.98. The Morgan fingerprint density at radius 1 is 1.17 bits per heavy atom. The molecule has 102 valence electrons. The number of aliphatic hydroxyl groups is 1. The lowest BCUT2D eigenvalue weighted by Gasteiger charge is -2.26. The fourth-order valence-electron chi connectivity index (χ4n) is 1.49. The molecule has 0 aliphatic carbocycles. The standard InChI is InChI=1S/C11H22N6O/c1-8(2)17(6-7-18)11-14-9(12-3)13-10(15-11)16(4)5/h8,18H,6-7H2,1-5H3,(H,12,13,14,15). The molecule has 0 spiro atoms. The normalized spacial score (nSPS) is 10.6. The van der Waals surface area contributed by atoms with Gasteiger partial charge < -0.3 is 20.2 Å². The van der Waals surface area contributed by atoms with Crippen molar-refractivity contribution in [1.82, 2.24) is 15.0 Å². The molecule has 0 fully saturated rings. The topological polar surface area (TPSA) is 77.4 Å². The van der Waals surface area contributed by atoms with E-state index in [4.69, 9.17) is 5.11 Å². The predicted molar refractivity (Wildman–Crippen MR) is 73.3 cm³/mol. The second-order valence-corrected chi connectivity index (χ2v) is 4.41. The van der Waals surface area contributed by atoms with Crippen LogP contribution in [-0.4, -0.2) is 60.4 Å². The van der Waals surface area contributed by atoms with Crippen LogP contribution in [-0.2, 0) is 0 Å². The Balaban J connectivity index is 3.15. The van der Waals surface area contributed by atoms with Gasteiger partial charge in [0.2, 0.25) is 17.8 Å². The molecular formula is C11H22N6O. The predicted octanol–water partition coefficient (Wildman–Crippen LogP) is 0.186. The van der Waals surface area contributed by atoms with Gasteiger partial charge in [-0.3, -0.25) is 0 Å². The van der Waals surface area contributed by atoms with E-state index in [0.717, 1.165) is 0 Å². The summed E-state index contributed by atoms with van der Waals surface area (Å²) in [7, 11) is 5.53. The third-order valence-electron chi connectivity index (χ3n) is 2.46. The summed E-state index contributed by atoms with van der Waals surface area (Å²) in [4.78, 5) is 16.7. The van der Waals surface area contributed by atoms with Crippen LogP contribution in [0.5, 0.6) is 0 Å². The fraction of sp³-hybridized carbons (Fsp3) is 0.727. The van der Waals surface area contributed by atoms with Crippen molar-refractivity contribution in [2.45, 2.75) is 19.9 Å². The summed E-state index contributed by atoms with van der Waals surface area (Å²) in [6.45, 7) is 4.63. The van der Waals surface area contributed by atoms with Crippen molar-refractivity contribution in [3.63, 3.8) is 0 Å². The smallest absolute Gasteiger partial charge is 0.232 e. The number of rotatable bonds is 6. The maximum absolute atomic E-state index is 9.11. The Morgan fingerprint density at radius 2 is 1.78 bits per heavy atom. The van der Waals surface area contributed by atoms with Crippen molar-refractivity contribution in [2.24, 2.45) is 0 Å². The van der Waals surface area contributed by atoms with E-state index < -0.39 is 0 Å². The van der Waals surface area contributed by atoms with Crippen molar-refractivity contribution in [3.05, 3.63) is 0 Å². The summed E-state index contributed by atoms with van der Waals surface area (Å²) >= 11 is 0. The lowest BCUT2D eigenvalue weighted by atomic mass is 10.3. The second kappa shape index (κ2) is 6.34. The minimum Gasteiger partial charge on any atom is -0.395 e. The molecule has 1 heterocycles. The van der Waals surface area contributed by atoms with Crippen LogP contribution in [0, 0.1) is 0 Å². The minimum absolute atomic E-state index is 0.0655. The van der Waals surface area contributed by atoms with Crippen molar-refractivity contribution in [1.29, 1.82) is 0 Å². The lowest BCUT2D eigenvalue weighted by Crippen LogP contribution is -2.35. The molecule has 0 aliphatic heterocycles. The molecular weight excluding hydrogens is 232 g/mol. The zero-order valence-corrected chi connectivity index (χ0v) is 11.7. The van der Waals surface area contributed by atoms with Gasteiger partial charge in [0.05, 0.1) is 6.61 Å². The Labute approximate surface area is 108 Å². The van der Waals surface area contributed by atoms with Gasteiger partial charge in [0.15, 0.2) is 0 Å². The molecule has 18 heavy (non-hydrogen) atoms. The molecule has 0 atom stereocenters. The summed E-state index contributed by atoms with van der Waals surface area (Å²) in [5.74, 6) is 1.68. The summed E-state index contributed by atoms with van der Waals surface area (Å²) in [6.07, 6.45) is 0. The average Bonchev–Trinajstić information content (AvgIpc) is 2.34. The van der Waals surface area contributed by atoms with E-state index >= 15 is 0 Å². The van der Waals surface area contributed by atoms with Gasteiger partial charge in [0, 0.05) is 33.7 Å². The third kappa shape index (κ3) is 3.43. The number of aliphatic hydroxyl groups excluding tert-OH is 1. The highest BCUT2D eigenvalue weighted by Gasteiger charge is 2.16. The van der Waals surface area contributed by atoms with Crippen molar-refractivity contribution < 1.29 is 5.11 Å². The number of nitrogens with zero attached hydrogens (tertiary/aromatic N) is 5. The average molecular weight is 254 g/mol. The molecule has 0 amide bonds. The van der Waals surface area contributed by atoms with Crippen LogP contribution in [0.2, 0.25) is 0 Å². The van der Waals surface area contributed by atoms with Gasteiger partial charge in [-0.2, -0.15) is 15.0 Å². The summed E-state index contributed by atoms with van der Waals surface area (Å²) in [5.41, 5.74) is 0. The highest BCUT2D eigenvalue weighted by atomic mass is 16.3. The molecule has 1 rings (SSSR count). The molecule has 0 radical (unpaired) electrons. The monoisotopic (exact) mass is 254 g/mol. The van der Waals surface area contributed by atoms with E-state index in [2.05, 4.69) is 20.3 Å². The van der Waals surface area contributed by atoms with Crippen molar-refractivity contribution in [3.8, 4) is 0 Å². The van der Waals surface area contributed by atoms with E-state index in [9.17, 15) is 0 Å². The molecule has 2 N–H and O–H groups in total. The third-order valence-corrected chi connectivity index (χ3v) is 2.46. The molecule has 0 aromatic carbocycles. The van der Waals surface area contributed by atoms with Crippen LogP contribution in [0.15, 0.2) is 0 Å². The Hall–Kier alpha value is -1.63. The number of anilines is 3. The van der Waals surface area contributed by atoms with Crippen LogP contribution >= 0.6 is 0 Å². The number of aromatic nitrogens is 3. The first-order chi connectivity index (χ1) is 8.49. The van der Waals surface area contributed by atoms with E-state index in [0.29, 0.717) is 24.4 Å². The first kappa shape index (κ1) is 14.4. The molecule has 7 heteroatoms. The van der Waals surface area contributed by atoms with Gasteiger partial charge in [-0.05, 0) is 13.8 Å². The molecule has 0 saturated heterocycles. The minimum atomic E-state index is 0.0655. The van der Waals surface area contributed by atoms with Crippen LogP contribution in [0.1, 0.15) is 13.8 Å². The summed E-state index contributed by atoms with van der Waals surface area (Å²) in [6, 6.07) is 0.208.